The van der Waals surface area contributed by atoms with Crippen LogP contribution in [-0.2, 0) is 0 Å². The minimum atomic E-state index is 0.499. The molecule has 0 radical (unpaired) electrons. The highest BCUT2D eigenvalue weighted by atomic mass is 32.1. The van der Waals surface area contributed by atoms with Crippen LogP contribution in [0.2, 0.25) is 0 Å². The second-order valence-electron chi connectivity index (χ2n) is 6.08. The van der Waals surface area contributed by atoms with Gasteiger partial charge in [0.05, 0.1) is 25.6 Å². The molecule has 0 saturated heterocycles. The lowest BCUT2D eigenvalue weighted by Gasteiger charge is -2.16. The van der Waals surface area contributed by atoms with Gasteiger partial charge in [-0.3, -0.25) is 0 Å². The number of thiocarbonyl (C=S) groups is 2. The van der Waals surface area contributed by atoms with Crippen LogP contribution in [0.4, 0.5) is 11.4 Å². The highest BCUT2D eigenvalue weighted by molar-refractivity contribution is 7.80. The largest absolute Gasteiger partial charge is 0.495 e. The molecular weight excluding hydrogens is 416 g/mol. The predicted molar refractivity (Wildman–Crippen MR) is 134 cm³/mol. The average molecular weight is 443 g/mol. The van der Waals surface area contributed by atoms with Gasteiger partial charge in [-0.2, -0.15) is 0 Å². The van der Waals surface area contributed by atoms with Crippen LogP contribution in [0.25, 0.3) is 11.1 Å². The fourth-order valence-electron chi connectivity index (χ4n) is 2.61. The van der Waals surface area contributed by atoms with Crippen LogP contribution in [-0.4, -0.2) is 37.5 Å². The van der Waals surface area contributed by atoms with Crippen molar-refractivity contribution in [1.29, 1.82) is 0 Å². The zero-order valence-electron chi connectivity index (χ0n) is 17.1. The maximum Gasteiger partial charge on any atom is 0.171 e. The molecule has 0 amide bonds. The summed E-state index contributed by atoms with van der Waals surface area (Å²) >= 11 is 10.5. The molecule has 0 fully saturated rings. The van der Waals surface area contributed by atoms with Crippen molar-refractivity contribution in [2.45, 2.75) is 0 Å². The van der Waals surface area contributed by atoms with E-state index in [1.807, 2.05) is 36.4 Å². The molecule has 2 aromatic rings. The van der Waals surface area contributed by atoms with Crippen molar-refractivity contribution in [2.24, 2.45) is 0 Å². The number of methoxy groups -OCH3 is 2. The Hall–Kier alpha value is -3.10. The highest BCUT2D eigenvalue weighted by Crippen LogP contribution is 2.34. The normalized spacial score (nSPS) is 9.80. The van der Waals surface area contributed by atoms with Gasteiger partial charge in [-0.15, -0.1) is 13.2 Å². The second-order valence-corrected chi connectivity index (χ2v) is 6.89. The number of ether oxygens (including phenoxy) is 2. The van der Waals surface area contributed by atoms with Crippen molar-refractivity contribution in [3.8, 4) is 22.6 Å². The summed E-state index contributed by atoms with van der Waals surface area (Å²) in [5.41, 5.74) is 3.48. The van der Waals surface area contributed by atoms with Crippen LogP contribution >= 0.6 is 24.4 Å². The van der Waals surface area contributed by atoms with E-state index in [9.17, 15) is 0 Å². The van der Waals surface area contributed by atoms with Crippen molar-refractivity contribution in [3.63, 3.8) is 0 Å². The van der Waals surface area contributed by atoms with Crippen molar-refractivity contribution in [1.82, 2.24) is 10.6 Å². The summed E-state index contributed by atoms with van der Waals surface area (Å²) in [6.07, 6.45) is 3.48. The van der Waals surface area contributed by atoms with Crippen LogP contribution < -0.4 is 30.7 Å². The van der Waals surface area contributed by atoms with Crippen LogP contribution in [0.3, 0.4) is 0 Å². The monoisotopic (exact) mass is 442 g/mol. The van der Waals surface area contributed by atoms with Crippen LogP contribution in [0, 0.1) is 0 Å². The Balaban J connectivity index is 2.23. The van der Waals surface area contributed by atoms with Gasteiger partial charge in [-0.1, -0.05) is 24.3 Å². The summed E-state index contributed by atoms with van der Waals surface area (Å²) in [4.78, 5) is 0. The molecule has 2 rings (SSSR count). The lowest BCUT2D eigenvalue weighted by atomic mass is 10.0. The van der Waals surface area contributed by atoms with E-state index in [1.54, 1.807) is 26.4 Å². The number of anilines is 2. The smallest absolute Gasteiger partial charge is 0.171 e. The van der Waals surface area contributed by atoms with Gasteiger partial charge in [0.15, 0.2) is 10.2 Å². The molecule has 0 aliphatic rings. The Morgan fingerprint density at radius 1 is 0.800 bits per heavy atom. The van der Waals surface area contributed by atoms with Gasteiger partial charge in [0.1, 0.15) is 11.5 Å². The SMILES string of the molecule is C=CCNC(=S)Nc1ccc(-c2ccc(NC(=S)NCC=C)c(OC)c2)cc1OC. The molecule has 2 aromatic carbocycles. The Morgan fingerprint density at radius 3 is 1.53 bits per heavy atom. The van der Waals surface area contributed by atoms with Crippen LogP contribution in [0.15, 0.2) is 61.7 Å². The Bertz CT molecular complexity index is 856. The third-order valence-corrected chi connectivity index (χ3v) is 4.54. The second kappa shape index (κ2) is 11.8. The maximum atomic E-state index is 5.54. The number of hydrogen-bond acceptors (Lipinski definition) is 4. The fraction of sp³-hybridized carbons (Fsp3) is 0.182. The first kappa shape index (κ1) is 23.2. The number of rotatable bonds is 9. The summed E-state index contributed by atoms with van der Waals surface area (Å²) in [5.74, 6) is 1.34. The van der Waals surface area contributed by atoms with Crippen molar-refractivity contribution in [2.75, 3.05) is 37.9 Å². The molecule has 0 heterocycles. The third kappa shape index (κ3) is 6.47. The highest BCUT2D eigenvalue weighted by Gasteiger charge is 2.11. The third-order valence-electron chi connectivity index (χ3n) is 4.05. The quantitative estimate of drug-likeness (QED) is 0.338. The Kier molecular flexibility index (Phi) is 9.11. The van der Waals surface area contributed by atoms with Gasteiger partial charge in [0, 0.05) is 13.1 Å². The lowest BCUT2D eigenvalue weighted by molar-refractivity contribution is 0.416. The van der Waals surface area contributed by atoms with E-state index in [-0.39, 0.29) is 0 Å². The zero-order valence-corrected chi connectivity index (χ0v) is 18.7. The first-order valence-electron chi connectivity index (χ1n) is 9.20. The van der Waals surface area contributed by atoms with Crippen LogP contribution in [0.5, 0.6) is 11.5 Å². The minimum Gasteiger partial charge on any atom is -0.495 e. The molecule has 4 N–H and O–H groups in total. The zero-order chi connectivity index (χ0) is 21.9. The van der Waals surface area contributed by atoms with Gasteiger partial charge >= 0.3 is 0 Å². The van der Waals surface area contributed by atoms with Gasteiger partial charge in [-0.05, 0) is 59.8 Å². The van der Waals surface area contributed by atoms with Crippen molar-refractivity contribution in [3.05, 3.63) is 61.7 Å². The molecule has 0 atom stereocenters. The Labute approximate surface area is 188 Å². The van der Waals surface area contributed by atoms with E-state index in [0.717, 1.165) is 22.5 Å². The van der Waals surface area contributed by atoms with E-state index in [4.69, 9.17) is 33.9 Å². The maximum absolute atomic E-state index is 5.54. The summed E-state index contributed by atoms with van der Waals surface area (Å²) in [6.45, 7) is 8.49. The minimum absolute atomic E-state index is 0.499. The van der Waals surface area contributed by atoms with E-state index in [2.05, 4.69) is 34.4 Å². The van der Waals surface area contributed by atoms with Gasteiger partial charge in [0.25, 0.3) is 0 Å². The van der Waals surface area contributed by atoms with E-state index in [1.165, 1.54) is 0 Å². The van der Waals surface area contributed by atoms with Gasteiger partial charge < -0.3 is 30.7 Å². The summed E-state index contributed by atoms with van der Waals surface area (Å²) in [6, 6.07) is 11.7. The molecule has 0 spiro atoms. The molecule has 0 aliphatic heterocycles. The topological polar surface area (TPSA) is 66.6 Å². The van der Waals surface area contributed by atoms with E-state index < -0.39 is 0 Å². The number of hydrogen-bond donors (Lipinski definition) is 4. The molecule has 6 nitrogen and oxygen atoms in total. The number of nitrogens with one attached hydrogen (secondary N) is 4. The van der Waals surface area contributed by atoms with Gasteiger partial charge in [-0.25, -0.2) is 0 Å². The lowest BCUT2D eigenvalue weighted by Crippen LogP contribution is -2.28. The van der Waals surface area contributed by atoms with E-state index in [0.29, 0.717) is 34.8 Å². The predicted octanol–water partition coefficient (Wildman–Crippen LogP) is 4.32. The molecule has 0 unspecified atom stereocenters. The Morgan fingerprint density at radius 2 is 1.20 bits per heavy atom. The molecule has 0 aliphatic carbocycles. The van der Waals surface area contributed by atoms with Gasteiger partial charge in [0.2, 0.25) is 0 Å². The molecule has 0 saturated carbocycles. The molecule has 0 aromatic heterocycles. The molecular formula is C22H26N4O2S2. The summed E-state index contributed by atoms with van der Waals surface area (Å²) in [5, 5.41) is 13.3. The first-order chi connectivity index (χ1) is 14.5. The van der Waals surface area contributed by atoms with Crippen molar-refractivity contribution >= 4 is 46.0 Å². The molecule has 8 heteroatoms. The fourth-order valence-corrected chi connectivity index (χ4v) is 3.00. The summed E-state index contributed by atoms with van der Waals surface area (Å²) < 4.78 is 11.1. The molecule has 30 heavy (non-hydrogen) atoms. The standard InChI is InChI=1S/C22H26N4O2S2/c1-5-11-23-21(29)25-17-9-7-15(13-19(17)27-3)16-8-10-18(20(14-16)28-4)26-22(30)24-12-6-2/h5-10,13-14H,1-2,11-12H2,3-4H3,(H2,23,25,29)(H2,24,26,30). The molecule has 0 bridgehead atoms. The first-order valence-corrected chi connectivity index (χ1v) is 10.0. The van der Waals surface area contributed by atoms with Crippen molar-refractivity contribution < 1.29 is 9.47 Å². The van der Waals surface area contributed by atoms with E-state index >= 15 is 0 Å². The van der Waals surface area contributed by atoms with Crippen LogP contribution in [0.1, 0.15) is 0 Å². The number of benzene rings is 2. The molecule has 158 valence electrons. The summed E-state index contributed by atoms with van der Waals surface area (Å²) in [7, 11) is 3.24. The average Bonchev–Trinajstić information content (AvgIpc) is 2.76.